The molecule has 0 heterocycles. The zero-order chi connectivity index (χ0) is 10.3. The van der Waals surface area contributed by atoms with Crippen LogP contribution >= 0.6 is 0 Å². The maximum atomic E-state index is 10.4. The van der Waals surface area contributed by atoms with Gasteiger partial charge >= 0.3 is 5.97 Å². The number of hydrogen-bond acceptors (Lipinski definition) is 2. The number of hydrogen-bond donors (Lipinski definition) is 2. The molecule has 13 heavy (non-hydrogen) atoms. The highest BCUT2D eigenvalue weighted by Crippen LogP contribution is 1.97. The zero-order valence-electron chi connectivity index (χ0n) is 7.96. The number of allylic oxidation sites excluding steroid dienone is 1. The number of carboxylic acids is 1. The molecule has 0 aromatic carbocycles. The number of carboxylic acid groups (broad SMARTS) is 1. The topological polar surface area (TPSA) is 66.4 Å². The summed E-state index contributed by atoms with van der Waals surface area (Å²) in [4.78, 5) is 20.8. The first-order valence-electron chi connectivity index (χ1n) is 4.18. The van der Waals surface area contributed by atoms with Crippen molar-refractivity contribution in [3.05, 3.63) is 11.6 Å². The van der Waals surface area contributed by atoms with Crippen molar-refractivity contribution in [1.82, 2.24) is 5.32 Å². The van der Waals surface area contributed by atoms with E-state index in [0.29, 0.717) is 18.5 Å². The molecule has 0 saturated heterocycles. The fraction of sp³-hybridized carbons (Fsp3) is 0.556. The second kappa shape index (κ2) is 6.22. The number of aliphatic carboxylic acids is 1. The molecule has 4 nitrogen and oxygen atoms in total. The molecule has 0 aromatic rings. The Morgan fingerprint density at radius 3 is 2.46 bits per heavy atom. The summed E-state index contributed by atoms with van der Waals surface area (Å²) >= 11 is 0. The summed E-state index contributed by atoms with van der Waals surface area (Å²) in [5, 5.41) is 11.1. The maximum absolute atomic E-state index is 10.4. The van der Waals surface area contributed by atoms with Gasteiger partial charge in [-0.1, -0.05) is 6.08 Å². The summed E-state index contributed by atoms with van der Waals surface area (Å²) in [5.41, 5.74) is 0.350. The number of unbranched alkanes of at least 4 members (excludes halogenated alkanes) is 1. The third kappa shape index (κ3) is 7.05. The van der Waals surface area contributed by atoms with E-state index < -0.39 is 5.97 Å². The Balaban J connectivity index is 3.50. The minimum Gasteiger partial charge on any atom is -0.478 e. The number of nitrogens with one attached hydrogen (secondary N) is 1. The minimum absolute atomic E-state index is 0.0565. The van der Waals surface area contributed by atoms with E-state index in [4.69, 9.17) is 5.11 Å². The van der Waals surface area contributed by atoms with Gasteiger partial charge in [0.25, 0.3) is 0 Å². The predicted molar refractivity (Wildman–Crippen MR) is 49.3 cm³/mol. The SMILES string of the molecule is CC(=O)NCCCC=C(C)C(=O)O. The van der Waals surface area contributed by atoms with Crippen LogP contribution in [0.15, 0.2) is 11.6 Å². The van der Waals surface area contributed by atoms with Crippen molar-refractivity contribution in [1.29, 1.82) is 0 Å². The lowest BCUT2D eigenvalue weighted by molar-refractivity contribution is -0.132. The Bertz CT molecular complexity index is 221. The van der Waals surface area contributed by atoms with Crippen LogP contribution in [0.4, 0.5) is 0 Å². The molecular formula is C9H15NO3. The molecule has 0 atom stereocenters. The van der Waals surface area contributed by atoms with Crippen LogP contribution in [0, 0.1) is 0 Å². The van der Waals surface area contributed by atoms with Crippen molar-refractivity contribution in [3.63, 3.8) is 0 Å². The zero-order valence-corrected chi connectivity index (χ0v) is 7.96. The second-order valence-electron chi connectivity index (χ2n) is 2.82. The van der Waals surface area contributed by atoms with Crippen molar-refractivity contribution in [3.8, 4) is 0 Å². The van der Waals surface area contributed by atoms with Gasteiger partial charge in [0.1, 0.15) is 0 Å². The molecule has 1 amide bonds. The first-order chi connectivity index (χ1) is 6.04. The molecule has 4 heteroatoms. The van der Waals surface area contributed by atoms with Gasteiger partial charge in [-0.25, -0.2) is 4.79 Å². The Morgan fingerprint density at radius 1 is 1.38 bits per heavy atom. The van der Waals surface area contributed by atoms with Crippen molar-refractivity contribution in [2.45, 2.75) is 26.7 Å². The number of rotatable bonds is 5. The van der Waals surface area contributed by atoms with E-state index in [-0.39, 0.29) is 5.91 Å². The van der Waals surface area contributed by atoms with Crippen molar-refractivity contribution < 1.29 is 14.7 Å². The van der Waals surface area contributed by atoms with Gasteiger partial charge in [-0.2, -0.15) is 0 Å². The van der Waals surface area contributed by atoms with E-state index in [1.54, 1.807) is 13.0 Å². The Labute approximate surface area is 77.6 Å². The Morgan fingerprint density at radius 2 is 2.00 bits per heavy atom. The van der Waals surface area contributed by atoms with E-state index in [0.717, 1.165) is 6.42 Å². The molecule has 0 spiro atoms. The van der Waals surface area contributed by atoms with Gasteiger partial charge in [-0.15, -0.1) is 0 Å². The quantitative estimate of drug-likeness (QED) is 0.494. The lowest BCUT2D eigenvalue weighted by Gasteiger charge is -1.98. The van der Waals surface area contributed by atoms with Crippen LogP contribution in [0.2, 0.25) is 0 Å². The van der Waals surface area contributed by atoms with E-state index in [9.17, 15) is 9.59 Å². The molecule has 0 fully saturated rings. The normalized spacial score (nSPS) is 11.1. The summed E-state index contributed by atoms with van der Waals surface area (Å²) in [6, 6.07) is 0. The van der Waals surface area contributed by atoms with E-state index in [1.165, 1.54) is 6.92 Å². The molecule has 74 valence electrons. The maximum Gasteiger partial charge on any atom is 0.330 e. The molecule has 0 aromatic heterocycles. The van der Waals surface area contributed by atoms with Crippen LogP contribution in [0.25, 0.3) is 0 Å². The van der Waals surface area contributed by atoms with E-state index in [2.05, 4.69) is 5.32 Å². The highest BCUT2D eigenvalue weighted by Gasteiger charge is 1.97. The standard InChI is InChI=1S/C9H15NO3/c1-7(9(12)13)5-3-4-6-10-8(2)11/h5H,3-4,6H2,1-2H3,(H,10,11)(H,12,13). The highest BCUT2D eigenvalue weighted by atomic mass is 16.4. The molecule has 0 saturated carbocycles. The van der Waals surface area contributed by atoms with Gasteiger partial charge in [-0.3, -0.25) is 4.79 Å². The molecule has 0 bridgehead atoms. The molecule has 2 N–H and O–H groups in total. The smallest absolute Gasteiger partial charge is 0.330 e. The fourth-order valence-corrected chi connectivity index (χ4v) is 0.772. The Hall–Kier alpha value is -1.32. The number of amides is 1. The summed E-state index contributed by atoms with van der Waals surface area (Å²) in [6.07, 6.45) is 3.10. The summed E-state index contributed by atoms with van der Waals surface area (Å²) in [5.74, 6) is -0.946. The summed E-state index contributed by atoms with van der Waals surface area (Å²) < 4.78 is 0. The first kappa shape index (κ1) is 11.7. The van der Waals surface area contributed by atoms with Gasteiger partial charge in [0.05, 0.1) is 0 Å². The molecule has 0 rings (SSSR count). The summed E-state index contributed by atoms with van der Waals surface area (Å²) in [6.45, 7) is 3.61. The third-order valence-electron chi connectivity index (χ3n) is 1.54. The van der Waals surface area contributed by atoms with Gasteiger partial charge in [0.15, 0.2) is 0 Å². The second-order valence-corrected chi connectivity index (χ2v) is 2.82. The molecule has 0 aliphatic heterocycles. The lowest BCUT2D eigenvalue weighted by atomic mass is 10.2. The van der Waals surface area contributed by atoms with Crippen LogP contribution in [-0.2, 0) is 9.59 Å². The fourth-order valence-electron chi connectivity index (χ4n) is 0.772. The van der Waals surface area contributed by atoms with Gasteiger partial charge in [0, 0.05) is 19.0 Å². The highest BCUT2D eigenvalue weighted by molar-refractivity contribution is 5.85. The van der Waals surface area contributed by atoms with Gasteiger partial charge in [-0.05, 0) is 19.8 Å². The predicted octanol–water partition coefficient (Wildman–Crippen LogP) is 0.934. The minimum atomic E-state index is -0.889. The Kier molecular flexibility index (Phi) is 5.59. The largest absolute Gasteiger partial charge is 0.478 e. The molecule has 0 aliphatic carbocycles. The van der Waals surface area contributed by atoms with Crippen LogP contribution in [0.5, 0.6) is 0 Å². The van der Waals surface area contributed by atoms with Crippen molar-refractivity contribution in [2.75, 3.05) is 6.54 Å². The van der Waals surface area contributed by atoms with Crippen molar-refractivity contribution in [2.24, 2.45) is 0 Å². The van der Waals surface area contributed by atoms with Crippen LogP contribution in [-0.4, -0.2) is 23.5 Å². The average Bonchev–Trinajstić information content (AvgIpc) is 2.02. The van der Waals surface area contributed by atoms with Crippen LogP contribution < -0.4 is 5.32 Å². The monoisotopic (exact) mass is 185 g/mol. The molecular weight excluding hydrogens is 170 g/mol. The molecule has 0 aliphatic rings. The van der Waals surface area contributed by atoms with E-state index in [1.807, 2.05) is 0 Å². The first-order valence-corrected chi connectivity index (χ1v) is 4.18. The number of carbonyl (C=O) groups excluding carboxylic acids is 1. The summed E-state index contributed by atoms with van der Waals surface area (Å²) in [7, 11) is 0. The van der Waals surface area contributed by atoms with Gasteiger partial charge in [0.2, 0.25) is 5.91 Å². The van der Waals surface area contributed by atoms with E-state index >= 15 is 0 Å². The average molecular weight is 185 g/mol. The molecule has 0 unspecified atom stereocenters. The van der Waals surface area contributed by atoms with Gasteiger partial charge < -0.3 is 10.4 Å². The third-order valence-corrected chi connectivity index (χ3v) is 1.54. The van der Waals surface area contributed by atoms with Crippen LogP contribution in [0.3, 0.4) is 0 Å². The molecule has 0 radical (unpaired) electrons. The lowest BCUT2D eigenvalue weighted by Crippen LogP contribution is -2.20. The van der Waals surface area contributed by atoms with Crippen LogP contribution in [0.1, 0.15) is 26.7 Å². The van der Waals surface area contributed by atoms with Crippen molar-refractivity contribution >= 4 is 11.9 Å². The number of carbonyl (C=O) groups is 2.